The fourth-order valence-corrected chi connectivity index (χ4v) is 3.26. The van der Waals surface area contributed by atoms with Crippen molar-refractivity contribution in [3.8, 4) is 0 Å². The predicted molar refractivity (Wildman–Crippen MR) is 106 cm³/mol. The summed E-state index contributed by atoms with van der Waals surface area (Å²) in [5, 5.41) is 16.8. The molecule has 2 amide bonds. The van der Waals surface area contributed by atoms with E-state index in [0.29, 0.717) is 5.16 Å². The third kappa shape index (κ3) is 5.89. The van der Waals surface area contributed by atoms with Crippen LogP contribution in [0.2, 0.25) is 0 Å². The lowest BCUT2D eigenvalue weighted by molar-refractivity contribution is -0.115. The highest BCUT2D eigenvalue weighted by molar-refractivity contribution is 8.00. The number of nitrogens with one attached hydrogen (secondary N) is 2. The Balaban J connectivity index is 1.68. The van der Waals surface area contributed by atoms with Gasteiger partial charge in [-0.25, -0.2) is 13.9 Å². The number of tetrazole rings is 1. The van der Waals surface area contributed by atoms with Crippen LogP contribution in [-0.2, 0) is 9.53 Å². The number of benzene rings is 1. The topological polar surface area (TPSA) is 111 Å². The van der Waals surface area contributed by atoms with Gasteiger partial charge in [0.15, 0.2) is 0 Å². The van der Waals surface area contributed by atoms with Gasteiger partial charge >= 0.3 is 6.09 Å². The van der Waals surface area contributed by atoms with Crippen molar-refractivity contribution < 1.29 is 18.7 Å². The van der Waals surface area contributed by atoms with Crippen LogP contribution in [0.15, 0.2) is 23.4 Å². The van der Waals surface area contributed by atoms with Gasteiger partial charge in [0.05, 0.1) is 22.7 Å². The monoisotopic (exact) mass is 422 g/mol. The molecular weight excluding hydrogens is 399 g/mol. The number of hydrogen-bond acceptors (Lipinski definition) is 7. The summed E-state index contributed by atoms with van der Waals surface area (Å²) in [5.74, 6) is -0.925. The summed E-state index contributed by atoms with van der Waals surface area (Å²) in [4.78, 5) is 24.7. The molecule has 1 aromatic heterocycles. The Kier molecular flexibility index (Phi) is 6.06. The van der Waals surface area contributed by atoms with Gasteiger partial charge in [-0.2, -0.15) is 0 Å². The standard InChI is InChI=1S/C18H23FN6O3S/c1-10(29-16-22-23-24-25(16)12-6-7-12)15(26)20-14-9-11(19)5-8-13(14)21-17(27)28-18(2,3)4/h5,8-10,12H,6-7H2,1-4H3,(H,20,26)(H,21,27). The SMILES string of the molecule is CC(Sc1nnnn1C1CC1)C(=O)Nc1cc(F)ccc1NC(=O)OC(C)(C)C. The maximum absolute atomic E-state index is 13.7. The Hall–Kier alpha value is -2.69. The van der Waals surface area contributed by atoms with Crippen LogP contribution in [0.5, 0.6) is 0 Å². The molecule has 0 bridgehead atoms. The molecule has 1 aliphatic carbocycles. The smallest absolute Gasteiger partial charge is 0.412 e. The normalized spacial score (nSPS) is 14.9. The molecule has 9 nitrogen and oxygen atoms in total. The van der Waals surface area contributed by atoms with Crippen molar-refractivity contribution in [2.45, 2.75) is 62.6 Å². The first-order chi connectivity index (χ1) is 13.6. The van der Waals surface area contributed by atoms with E-state index in [1.807, 2.05) is 0 Å². The third-order valence-corrected chi connectivity index (χ3v) is 4.93. The number of nitrogens with zero attached hydrogens (tertiary/aromatic N) is 4. The number of amides is 2. The molecule has 0 saturated heterocycles. The molecule has 1 aromatic carbocycles. The van der Waals surface area contributed by atoms with E-state index in [4.69, 9.17) is 4.74 Å². The summed E-state index contributed by atoms with van der Waals surface area (Å²) < 4.78 is 20.7. The van der Waals surface area contributed by atoms with Gasteiger partial charge in [0.1, 0.15) is 11.4 Å². The molecule has 1 atom stereocenters. The quantitative estimate of drug-likeness (QED) is 0.684. The molecule has 2 aromatic rings. The maximum atomic E-state index is 13.7. The fourth-order valence-electron chi connectivity index (χ4n) is 2.40. The summed E-state index contributed by atoms with van der Waals surface area (Å²) in [7, 11) is 0. The number of ether oxygens (including phenoxy) is 1. The van der Waals surface area contributed by atoms with Gasteiger partial charge in [0.2, 0.25) is 11.1 Å². The predicted octanol–water partition coefficient (Wildman–Crippen LogP) is 3.61. The van der Waals surface area contributed by atoms with Crippen molar-refractivity contribution in [1.82, 2.24) is 20.2 Å². The van der Waals surface area contributed by atoms with E-state index in [9.17, 15) is 14.0 Å². The first kappa shape index (κ1) is 21.0. The Bertz CT molecular complexity index is 909. The largest absolute Gasteiger partial charge is 0.444 e. The third-order valence-electron chi connectivity index (χ3n) is 3.88. The zero-order chi connectivity index (χ0) is 21.2. The Morgan fingerprint density at radius 2 is 2.00 bits per heavy atom. The molecule has 11 heteroatoms. The van der Waals surface area contributed by atoms with Crippen LogP contribution in [-0.4, -0.2) is 43.1 Å². The minimum absolute atomic E-state index is 0.134. The maximum Gasteiger partial charge on any atom is 0.412 e. The Labute approximate surface area is 171 Å². The fraction of sp³-hybridized carbons (Fsp3) is 0.500. The van der Waals surface area contributed by atoms with E-state index in [-0.39, 0.29) is 23.3 Å². The lowest BCUT2D eigenvalue weighted by Gasteiger charge is -2.21. The average Bonchev–Trinajstić information content (AvgIpc) is 3.35. The van der Waals surface area contributed by atoms with Crippen LogP contribution in [0, 0.1) is 5.82 Å². The second kappa shape index (κ2) is 8.36. The van der Waals surface area contributed by atoms with E-state index in [1.54, 1.807) is 32.4 Å². The number of halogens is 1. The van der Waals surface area contributed by atoms with E-state index < -0.39 is 22.8 Å². The van der Waals surface area contributed by atoms with E-state index in [1.165, 1.54) is 23.9 Å². The van der Waals surface area contributed by atoms with Crippen LogP contribution >= 0.6 is 11.8 Å². The van der Waals surface area contributed by atoms with Crippen molar-refractivity contribution in [1.29, 1.82) is 0 Å². The van der Waals surface area contributed by atoms with E-state index >= 15 is 0 Å². The molecule has 0 aliphatic heterocycles. The van der Waals surface area contributed by atoms with Crippen LogP contribution in [0.4, 0.5) is 20.6 Å². The van der Waals surface area contributed by atoms with Gasteiger partial charge in [-0.15, -0.1) is 5.10 Å². The van der Waals surface area contributed by atoms with Gasteiger partial charge in [-0.1, -0.05) is 11.8 Å². The van der Waals surface area contributed by atoms with E-state index in [0.717, 1.165) is 18.9 Å². The summed E-state index contributed by atoms with van der Waals surface area (Å²) in [6, 6.07) is 3.97. The minimum Gasteiger partial charge on any atom is -0.444 e. The molecule has 1 heterocycles. The van der Waals surface area contributed by atoms with Crippen molar-refractivity contribution in [2.24, 2.45) is 0 Å². The summed E-state index contributed by atoms with van der Waals surface area (Å²) in [5.41, 5.74) is -0.325. The number of aromatic nitrogens is 4. The lowest BCUT2D eigenvalue weighted by Crippen LogP contribution is -2.28. The number of rotatable bonds is 6. The van der Waals surface area contributed by atoms with Gasteiger partial charge in [0, 0.05) is 0 Å². The first-order valence-electron chi connectivity index (χ1n) is 9.17. The van der Waals surface area contributed by atoms with Crippen molar-refractivity contribution in [2.75, 3.05) is 10.6 Å². The average molecular weight is 422 g/mol. The molecule has 156 valence electrons. The molecule has 1 aliphatic rings. The van der Waals surface area contributed by atoms with Crippen LogP contribution < -0.4 is 10.6 Å². The molecule has 1 fully saturated rings. The van der Waals surface area contributed by atoms with Crippen LogP contribution in [0.3, 0.4) is 0 Å². The van der Waals surface area contributed by atoms with Gasteiger partial charge < -0.3 is 10.1 Å². The van der Waals surface area contributed by atoms with Gasteiger partial charge in [0.25, 0.3) is 0 Å². The Morgan fingerprint density at radius 1 is 1.28 bits per heavy atom. The van der Waals surface area contributed by atoms with E-state index in [2.05, 4.69) is 26.2 Å². The first-order valence-corrected chi connectivity index (χ1v) is 10.1. The highest BCUT2D eigenvalue weighted by Gasteiger charge is 2.29. The van der Waals surface area contributed by atoms with Crippen molar-refractivity contribution in [3.05, 3.63) is 24.0 Å². The highest BCUT2D eigenvalue weighted by Crippen LogP contribution is 2.37. The molecule has 3 rings (SSSR count). The minimum atomic E-state index is -0.703. The summed E-state index contributed by atoms with van der Waals surface area (Å²) >= 11 is 1.21. The second-order valence-corrected chi connectivity index (χ2v) is 9.01. The lowest BCUT2D eigenvalue weighted by atomic mass is 10.2. The van der Waals surface area contributed by atoms with Crippen LogP contribution in [0.25, 0.3) is 0 Å². The molecule has 2 N–H and O–H groups in total. The van der Waals surface area contributed by atoms with Gasteiger partial charge in [-0.3, -0.25) is 10.1 Å². The van der Waals surface area contributed by atoms with Crippen LogP contribution in [0.1, 0.15) is 46.6 Å². The molecule has 1 saturated carbocycles. The van der Waals surface area contributed by atoms with Crippen molar-refractivity contribution >= 4 is 35.1 Å². The molecule has 0 radical (unpaired) electrons. The number of carbonyl (C=O) groups excluding carboxylic acids is 2. The Morgan fingerprint density at radius 3 is 2.66 bits per heavy atom. The number of hydrogen-bond donors (Lipinski definition) is 2. The second-order valence-electron chi connectivity index (χ2n) is 7.70. The number of thioether (sulfide) groups is 1. The van der Waals surface area contributed by atoms with Crippen molar-refractivity contribution in [3.63, 3.8) is 0 Å². The summed E-state index contributed by atoms with van der Waals surface area (Å²) in [6.45, 7) is 6.89. The molecule has 1 unspecified atom stereocenters. The summed E-state index contributed by atoms with van der Waals surface area (Å²) in [6.07, 6.45) is 1.33. The number of anilines is 2. The highest BCUT2D eigenvalue weighted by atomic mass is 32.2. The molecule has 0 spiro atoms. The number of carbonyl (C=O) groups is 2. The zero-order valence-electron chi connectivity index (χ0n) is 16.6. The van der Waals surface area contributed by atoms with Gasteiger partial charge in [-0.05, 0) is 69.2 Å². The molecular formula is C18H23FN6O3S. The zero-order valence-corrected chi connectivity index (χ0v) is 17.4. The molecule has 29 heavy (non-hydrogen) atoms.